The number of benzene rings is 1. The van der Waals surface area contributed by atoms with Gasteiger partial charge in [-0.15, -0.1) is 5.01 Å². The van der Waals surface area contributed by atoms with E-state index in [1.165, 1.54) is 0 Å². The Hall–Kier alpha value is -2.93. The molecule has 1 aromatic carbocycles. The van der Waals surface area contributed by atoms with E-state index in [2.05, 4.69) is 15.0 Å². The van der Waals surface area contributed by atoms with Crippen molar-refractivity contribution in [2.75, 3.05) is 6.61 Å². The van der Waals surface area contributed by atoms with Crippen LogP contribution >= 0.6 is 0 Å². The van der Waals surface area contributed by atoms with Gasteiger partial charge < -0.3 is 14.6 Å². The van der Waals surface area contributed by atoms with E-state index in [1.807, 2.05) is 50.2 Å². The second-order valence-corrected chi connectivity index (χ2v) is 7.85. The third-order valence-corrected chi connectivity index (χ3v) is 5.86. The molecule has 2 aromatic rings. The van der Waals surface area contributed by atoms with Gasteiger partial charge in [-0.05, 0) is 45.2 Å². The van der Waals surface area contributed by atoms with Gasteiger partial charge in [0.05, 0.1) is 12.3 Å². The van der Waals surface area contributed by atoms with Gasteiger partial charge in [-0.25, -0.2) is 4.79 Å². The molecule has 1 N–H and O–H groups in total. The molecule has 2 atom stereocenters. The van der Waals surface area contributed by atoms with E-state index in [4.69, 9.17) is 4.74 Å². The first kappa shape index (κ1) is 19.4. The van der Waals surface area contributed by atoms with Gasteiger partial charge in [0.15, 0.2) is 0 Å². The summed E-state index contributed by atoms with van der Waals surface area (Å²) >= 11 is 0. The molecule has 0 aliphatic carbocycles. The Morgan fingerprint density at radius 2 is 2.03 bits per heavy atom. The minimum atomic E-state index is -1.12. The number of hydrogen-bond acceptors (Lipinski definition) is 4. The third kappa shape index (κ3) is 3.46. The minimum absolute atomic E-state index is 0.238. The number of aryl methyl sites for hydroxylation is 1. The number of amides is 3. The number of rotatable bonds is 5. The van der Waals surface area contributed by atoms with Gasteiger partial charge in [0.25, 0.3) is 5.91 Å². The fraction of sp³-hybridized carbons (Fsp3) is 0.409. The van der Waals surface area contributed by atoms with Crippen LogP contribution in [-0.2, 0) is 21.6 Å². The fourth-order valence-electron chi connectivity index (χ4n) is 4.05. The van der Waals surface area contributed by atoms with Gasteiger partial charge in [0.2, 0.25) is 0 Å². The topological polar surface area (TPSA) is 75.9 Å². The van der Waals surface area contributed by atoms with Gasteiger partial charge in [-0.1, -0.05) is 30.3 Å². The normalized spacial score (nSPS) is 24.7. The maximum Gasteiger partial charge on any atom is 0.346 e. The average molecular weight is 394 g/mol. The second kappa shape index (κ2) is 7.48. The Morgan fingerprint density at radius 1 is 1.28 bits per heavy atom. The van der Waals surface area contributed by atoms with Gasteiger partial charge in [-0.3, -0.25) is 4.79 Å². The highest BCUT2D eigenvalue weighted by Gasteiger charge is 2.49. The number of carbonyl (C=O) groups excluding carboxylic acids is 2. The van der Waals surface area contributed by atoms with Crippen LogP contribution in [0.1, 0.15) is 42.3 Å². The third-order valence-electron chi connectivity index (χ3n) is 5.86. The molecule has 2 saturated heterocycles. The highest BCUT2D eigenvalue weighted by molar-refractivity contribution is 6.07. The number of imide groups is 1. The summed E-state index contributed by atoms with van der Waals surface area (Å²) < 4.78 is 7.96. The zero-order chi connectivity index (χ0) is 20.6. The predicted molar refractivity (Wildman–Crippen MR) is 110 cm³/mol. The monoisotopic (exact) mass is 394 g/mol. The lowest BCUT2D eigenvalue weighted by atomic mass is 9.92. The Balaban J connectivity index is 1.55. The van der Waals surface area contributed by atoms with E-state index in [1.54, 1.807) is 13.1 Å². The standard InChI is InChI=1S/C22H26N4O3/c1-15-12-17(16(2)25(15)14-19-10-7-11-29-19)13-23-26-20(27)22(3,24-21(26)28)18-8-5-4-6-9-18/h4-6,8-9,12-13,19H,7,10-11,14H2,1-3H3,(H,24,28)/b23-13-/t19-,22-/m1/s1. The second-order valence-electron chi connectivity index (χ2n) is 7.85. The number of hydrazone groups is 1. The SMILES string of the molecule is Cc1cc(/C=N\N2C(=O)N[C@](C)(c3ccccc3)C2=O)c(C)n1C[C@H]1CCCO1. The molecular formula is C22H26N4O3. The molecule has 4 rings (SSSR count). The molecule has 2 aliphatic heterocycles. The van der Waals surface area contributed by atoms with Crippen LogP contribution in [-0.4, -0.2) is 40.4 Å². The Bertz CT molecular complexity index is 960. The quantitative estimate of drug-likeness (QED) is 0.625. The molecular weight excluding hydrogens is 368 g/mol. The average Bonchev–Trinajstić information content (AvgIpc) is 3.37. The Kier molecular flexibility index (Phi) is 5.00. The van der Waals surface area contributed by atoms with Crippen LogP contribution in [0.15, 0.2) is 41.5 Å². The van der Waals surface area contributed by atoms with Crippen molar-refractivity contribution < 1.29 is 14.3 Å². The number of urea groups is 1. The van der Waals surface area contributed by atoms with Gasteiger partial charge in [-0.2, -0.15) is 5.10 Å². The van der Waals surface area contributed by atoms with E-state index in [0.29, 0.717) is 0 Å². The lowest BCUT2D eigenvalue weighted by Gasteiger charge is -2.20. The lowest BCUT2D eigenvalue weighted by Crippen LogP contribution is -2.40. The number of nitrogens with zero attached hydrogens (tertiary/aromatic N) is 3. The van der Waals surface area contributed by atoms with Crippen molar-refractivity contribution in [1.29, 1.82) is 0 Å². The fourth-order valence-corrected chi connectivity index (χ4v) is 4.05. The zero-order valence-corrected chi connectivity index (χ0v) is 17.0. The van der Waals surface area contributed by atoms with Crippen LogP contribution in [0.2, 0.25) is 0 Å². The molecule has 3 heterocycles. The number of carbonyl (C=O) groups is 2. The summed E-state index contributed by atoms with van der Waals surface area (Å²) in [6, 6.07) is 10.7. The highest BCUT2D eigenvalue weighted by Crippen LogP contribution is 2.29. The molecule has 1 aromatic heterocycles. The van der Waals surface area contributed by atoms with Crippen LogP contribution in [0.4, 0.5) is 4.79 Å². The van der Waals surface area contributed by atoms with E-state index in [-0.39, 0.29) is 6.10 Å². The molecule has 2 fully saturated rings. The predicted octanol–water partition coefficient (Wildman–Crippen LogP) is 3.09. The summed E-state index contributed by atoms with van der Waals surface area (Å²) in [5, 5.41) is 7.91. The number of nitrogens with one attached hydrogen (secondary N) is 1. The van der Waals surface area contributed by atoms with Crippen LogP contribution in [0, 0.1) is 13.8 Å². The first-order valence-electron chi connectivity index (χ1n) is 9.94. The first-order valence-corrected chi connectivity index (χ1v) is 9.94. The Labute approximate surface area is 170 Å². The molecule has 7 heteroatoms. The van der Waals surface area contributed by atoms with E-state index < -0.39 is 17.5 Å². The highest BCUT2D eigenvalue weighted by atomic mass is 16.5. The first-order chi connectivity index (χ1) is 13.9. The van der Waals surface area contributed by atoms with Crippen molar-refractivity contribution in [3.05, 3.63) is 58.9 Å². The van der Waals surface area contributed by atoms with Crippen LogP contribution < -0.4 is 5.32 Å². The summed E-state index contributed by atoms with van der Waals surface area (Å²) in [5.41, 5.74) is 2.64. The van der Waals surface area contributed by atoms with Crippen LogP contribution in [0.25, 0.3) is 0 Å². The Morgan fingerprint density at radius 3 is 2.72 bits per heavy atom. The zero-order valence-electron chi connectivity index (χ0n) is 17.0. The maximum atomic E-state index is 13.0. The van der Waals surface area contributed by atoms with Crippen molar-refractivity contribution in [1.82, 2.24) is 14.9 Å². The molecule has 0 bridgehead atoms. The van der Waals surface area contributed by atoms with E-state index in [0.717, 1.165) is 53.5 Å². The van der Waals surface area contributed by atoms with Crippen LogP contribution in [0.3, 0.4) is 0 Å². The smallest absolute Gasteiger partial charge is 0.346 e. The van der Waals surface area contributed by atoms with Crippen molar-refractivity contribution in [3.8, 4) is 0 Å². The molecule has 0 saturated carbocycles. The summed E-state index contributed by atoms with van der Waals surface area (Å²) in [4.78, 5) is 25.4. The van der Waals surface area contributed by atoms with Crippen molar-refractivity contribution in [2.45, 2.75) is 51.8 Å². The van der Waals surface area contributed by atoms with Crippen molar-refractivity contribution >= 4 is 18.2 Å². The van der Waals surface area contributed by atoms with Crippen molar-refractivity contribution in [3.63, 3.8) is 0 Å². The van der Waals surface area contributed by atoms with Gasteiger partial charge in [0.1, 0.15) is 5.54 Å². The minimum Gasteiger partial charge on any atom is -0.376 e. The van der Waals surface area contributed by atoms with E-state index >= 15 is 0 Å². The number of aromatic nitrogens is 1. The van der Waals surface area contributed by atoms with Gasteiger partial charge >= 0.3 is 6.03 Å². The molecule has 29 heavy (non-hydrogen) atoms. The molecule has 0 radical (unpaired) electrons. The molecule has 0 unspecified atom stereocenters. The molecule has 0 spiro atoms. The molecule has 152 valence electrons. The lowest BCUT2D eigenvalue weighted by molar-refractivity contribution is -0.131. The summed E-state index contributed by atoms with van der Waals surface area (Å²) in [5.74, 6) is -0.391. The number of hydrogen-bond donors (Lipinski definition) is 1. The van der Waals surface area contributed by atoms with Gasteiger partial charge in [0, 0.05) is 30.1 Å². The van der Waals surface area contributed by atoms with E-state index in [9.17, 15) is 9.59 Å². The molecule has 7 nitrogen and oxygen atoms in total. The summed E-state index contributed by atoms with van der Waals surface area (Å²) in [7, 11) is 0. The molecule has 2 aliphatic rings. The molecule has 3 amide bonds. The van der Waals surface area contributed by atoms with Crippen molar-refractivity contribution in [2.24, 2.45) is 5.10 Å². The maximum absolute atomic E-state index is 13.0. The summed E-state index contributed by atoms with van der Waals surface area (Å²) in [6.45, 7) is 7.39. The summed E-state index contributed by atoms with van der Waals surface area (Å²) in [6.07, 6.45) is 4.00. The van der Waals surface area contributed by atoms with Crippen LogP contribution in [0.5, 0.6) is 0 Å². The largest absolute Gasteiger partial charge is 0.376 e. The number of ether oxygens (including phenoxy) is 1.